The standard InChI is InChI=1S/C70H110O37/c1-24-36(77)42(83)54(105-59-47(88)43(84)50(25(2)97-59)101-58-49(90)51(29(75)22-95-58)102-60-45(86)40(81)38(79)30(19-71)98-60)62(96-24)107-64(93)70-16-15-65(3,4)17-27(70)26-9-10-33-66(5)13-12-35(67(6,23-73)32(66)11-14-68(33,7)69(26,8)18-34(70)76)100-63-55(106-61-46(87)41(82)39(80)31(20-72)99-61)52(48(89)53(104-63)56(91)92)103-57-44(85)37(78)28(74)21-94-57/h9,23-25,27-55,57-63,71-72,74-90H,10-22H2,1-8H3,(H,91,92). The number of aldehydes is 1. The fourth-order valence-corrected chi connectivity index (χ4v) is 20.3. The van der Waals surface area contributed by atoms with Crippen LogP contribution in [0.1, 0.15) is 113 Å². The first-order valence-corrected chi connectivity index (χ1v) is 37.0. The number of fused-ring (bicyclic) bond motifs is 7. The van der Waals surface area contributed by atoms with Gasteiger partial charge in [0.2, 0.25) is 6.29 Å². The number of carbonyl (C=O) groups is 3. The van der Waals surface area contributed by atoms with Crippen molar-refractivity contribution in [2.45, 2.75) is 328 Å². The number of rotatable bonds is 18. The number of allylic oxidation sites excluding steroid dienone is 2. The highest BCUT2D eigenvalue weighted by Gasteiger charge is 2.73. The molecule has 11 fully saturated rings. The Bertz CT molecular complexity index is 3130. The Balaban J connectivity index is 0.774. The molecule has 7 aliphatic heterocycles. The molecule has 0 bridgehead atoms. The van der Waals surface area contributed by atoms with Gasteiger partial charge in [0.15, 0.2) is 49.9 Å². The third kappa shape index (κ3) is 14.3. The lowest BCUT2D eigenvalue weighted by molar-refractivity contribution is -0.391. The van der Waals surface area contributed by atoms with Crippen molar-refractivity contribution in [2.24, 2.45) is 50.2 Å². The lowest BCUT2D eigenvalue weighted by Crippen LogP contribution is -2.69. The van der Waals surface area contributed by atoms with Gasteiger partial charge in [0, 0.05) is 0 Å². The molecular formula is C70H110O37. The first-order valence-electron chi connectivity index (χ1n) is 37.0. The predicted molar refractivity (Wildman–Crippen MR) is 348 cm³/mol. The number of esters is 1. The van der Waals surface area contributed by atoms with E-state index in [9.17, 15) is 112 Å². The maximum atomic E-state index is 15.8. The van der Waals surface area contributed by atoms with E-state index in [0.29, 0.717) is 38.5 Å². The first-order chi connectivity index (χ1) is 50.2. The summed E-state index contributed by atoms with van der Waals surface area (Å²) in [5.74, 6) is -4.07. The monoisotopic (exact) mass is 1540 g/mol. The molecule has 5 aliphatic carbocycles. The van der Waals surface area contributed by atoms with Crippen molar-refractivity contribution in [1.82, 2.24) is 0 Å². The molecule has 7 saturated heterocycles. The minimum Gasteiger partial charge on any atom is -0.479 e. The molecule has 0 radical (unpaired) electrons. The summed E-state index contributed by atoms with van der Waals surface area (Å²) in [4.78, 5) is 43.0. The third-order valence-corrected chi connectivity index (χ3v) is 26.9. The van der Waals surface area contributed by atoms with E-state index in [1.807, 2.05) is 0 Å². The molecule has 37 heteroatoms. The molecule has 612 valence electrons. The molecule has 37 nitrogen and oxygen atoms in total. The van der Waals surface area contributed by atoms with E-state index in [1.165, 1.54) is 13.8 Å². The SMILES string of the molecule is CC1OC(OC(=O)C23CCC(C)(C)CC2C2=CCC4C5(C)CCC(OC6OC(C(=O)O)C(O)C(OC7OCC(O)C(O)C7O)C6OC6OC(CO)C(O)C(O)C6O)C(C)(C=O)C5CCC4(C)C2(C)CC3O)C(OC2OC(C)C(OC3OCC(O)C(OC4OC(CO)C(O)C(O)C4O)C3O)C(O)C2O)C(O)C1O. The van der Waals surface area contributed by atoms with Crippen LogP contribution in [0.5, 0.6) is 0 Å². The highest BCUT2D eigenvalue weighted by molar-refractivity contribution is 5.80. The van der Waals surface area contributed by atoms with E-state index >= 15 is 4.79 Å². The number of carbonyl (C=O) groups excluding carboxylic acids is 2. The Morgan fingerprint density at radius 3 is 1.63 bits per heavy atom. The van der Waals surface area contributed by atoms with Crippen LogP contribution in [0.25, 0.3) is 0 Å². The molecule has 0 aromatic rings. The number of carboxylic acid groups (broad SMARTS) is 1. The molecule has 0 aromatic heterocycles. The van der Waals surface area contributed by atoms with E-state index in [2.05, 4.69) is 40.7 Å². The molecule has 20 N–H and O–H groups in total. The van der Waals surface area contributed by atoms with Gasteiger partial charge < -0.3 is 173 Å². The van der Waals surface area contributed by atoms with Gasteiger partial charge in [-0.05, 0) is 111 Å². The Labute approximate surface area is 615 Å². The number of aliphatic hydroxyl groups excluding tert-OH is 19. The molecule has 12 aliphatic rings. The summed E-state index contributed by atoms with van der Waals surface area (Å²) in [5.41, 5.74) is -4.85. The van der Waals surface area contributed by atoms with Crippen molar-refractivity contribution >= 4 is 18.2 Å². The van der Waals surface area contributed by atoms with Gasteiger partial charge in [-0.2, -0.15) is 0 Å². The zero-order valence-electron chi connectivity index (χ0n) is 60.7. The van der Waals surface area contributed by atoms with E-state index in [-0.39, 0.29) is 25.2 Å². The minimum atomic E-state index is -2.23. The lowest BCUT2D eigenvalue weighted by Gasteiger charge is -2.71. The second-order valence-electron chi connectivity index (χ2n) is 33.6. The molecule has 4 saturated carbocycles. The molecule has 0 amide bonds. The molecule has 43 atom stereocenters. The Morgan fingerprint density at radius 1 is 0.486 bits per heavy atom. The van der Waals surface area contributed by atoms with Gasteiger partial charge in [-0.15, -0.1) is 0 Å². The van der Waals surface area contributed by atoms with Crippen LogP contribution in [0.3, 0.4) is 0 Å². The maximum absolute atomic E-state index is 15.8. The minimum absolute atomic E-state index is 0.0339. The summed E-state index contributed by atoms with van der Waals surface area (Å²) >= 11 is 0. The van der Waals surface area contributed by atoms with Crippen LogP contribution in [-0.4, -0.2) is 362 Å². The van der Waals surface area contributed by atoms with Crippen LogP contribution in [0, 0.1) is 50.2 Å². The van der Waals surface area contributed by atoms with Gasteiger partial charge in [0.05, 0.1) is 56.3 Å². The fraction of sp³-hybridized carbons (Fsp3) is 0.929. The fourth-order valence-electron chi connectivity index (χ4n) is 20.3. The van der Waals surface area contributed by atoms with Gasteiger partial charge >= 0.3 is 11.9 Å². The van der Waals surface area contributed by atoms with E-state index in [4.69, 9.17) is 66.3 Å². The number of aliphatic carboxylic acids is 1. The van der Waals surface area contributed by atoms with Crippen molar-refractivity contribution in [3.63, 3.8) is 0 Å². The average Bonchev–Trinajstić information content (AvgIpc) is 0.670. The normalized spacial score (nSPS) is 55.0. The van der Waals surface area contributed by atoms with Gasteiger partial charge in [-0.25, -0.2) is 4.79 Å². The van der Waals surface area contributed by atoms with Crippen molar-refractivity contribution < 1.29 is 183 Å². The Hall–Kier alpha value is -2.93. The maximum Gasteiger partial charge on any atom is 0.335 e. The van der Waals surface area contributed by atoms with Gasteiger partial charge in [-0.3, -0.25) is 4.79 Å². The van der Waals surface area contributed by atoms with Crippen molar-refractivity contribution in [1.29, 1.82) is 0 Å². The Kier molecular flexibility index (Phi) is 24.5. The second-order valence-corrected chi connectivity index (χ2v) is 33.6. The van der Waals surface area contributed by atoms with E-state index in [0.717, 1.165) is 11.9 Å². The zero-order valence-corrected chi connectivity index (χ0v) is 60.7. The smallest absolute Gasteiger partial charge is 0.335 e. The van der Waals surface area contributed by atoms with E-state index < -0.39 is 298 Å². The average molecular weight is 1540 g/mol. The molecular weight excluding hydrogens is 1430 g/mol. The zero-order chi connectivity index (χ0) is 78.2. The van der Waals surface area contributed by atoms with Crippen molar-refractivity contribution in [3.8, 4) is 0 Å². The molecule has 0 aromatic carbocycles. The molecule has 12 rings (SSSR count). The quantitative estimate of drug-likeness (QED) is 0.0262. The van der Waals surface area contributed by atoms with Gasteiger partial charge in [0.1, 0.15) is 146 Å². The number of carboxylic acids is 1. The van der Waals surface area contributed by atoms with E-state index in [1.54, 1.807) is 6.92 Å². The van der Waals surface area contributed by atoms with Crippen LogP contribution >= 0.6 is 0 Å². The molecule has 0 spiro atoms. The molecule has 7 heterocycles. The topological polar surface area (TPSA) is 585 Å². The summed E-state index contributed by atoms with van der Waals surface area (Å²) in [7, 11) is 0. The van der Waals surface area contributed by atoms with Crippen LogP contribution in [0.4, 0.5) is 0 Å². The Morgan fingerprint density at radius 2 is 1.02 bits per heavy atom. The summed E-state index contributed by atoms with van der Waals surface area (Å²) < 4.78 is 83.5. The second kappa shape index (κ2) is 31.4. The number of ether oxygens (including phenoxy) is 14. The van der Waals surface area contributed by atoms with Crippen LogP contribution in [-0.2, 0) is 80.7 Å². The first kappa shape index (κ1) is 83.5. The summed E-state index contributed by atoms with van der Waals surface area (Å²) in [6.45, 7) is 12.1. The van der Waals surface area contributed by atoms with Crippen LogP contribution in [0.15, 0.2) is 11.6 Å². The largest absolute Gasteiger partial charge is 0.479 e. The predicted octanol–water partition coefficient (Wildman–Crippen LogP) is -6.99. The van der Waals surface area contributed by atoms with Gasteiger partial charge in [-0.1, -0.05) is 53.2 Å². The highest BCUT2D eigenvalue weighted by Crippen LogP contribution is 2.76. The third-order valence-electron chi connectivity index (χ3n) is 26.9. The summed E-state index contributed by atoms with van der Waals surface area (Å²) in [6, 6.07) is 0. The number of hydrogen-bond acceptors (Lipinski definition) is 36. The summed E-state index contributed by atoms with van der Waals surface area (Å²) in [6.07, 6.45) is -57.0. The molecule has 107 heavy (non-hydrogen) atoms. The van der Waals surface area contributed by atoms with Gasteiger partial charge in [0.25, 0.3) is 0 Å². The lowest BCUT2D eigenvalue weighted by atomic mass is 9.33. The summed E-state index contributed by atoms with van der Waals surface area (Å²) in [5, 5.41) is 220. The van der Waals surface area contributed by atoms with Crippen molar-refractivity contribution in [2.75, 3.05) is 26.4 Å². The molecule has 43 unspecified atom stereocenters. The highest BCUT2D eigenvalue weighted by atomic mass is 16.8. The number of aliphatic hydroxyl groups is 19. The van der Waals surface area contributed by atoms with Crippen LogP contribution < -0.4 is 0 Å². The number of hydrogen-bond donors (Lipinski definition) is 20. The van der Waals surface area contributed by atoms with Crippen molar-refractivity contribution in [3.05, 3.63) is 11.6 Å². The van der Waals surface area contributed by atoms with Crippen LogP contribution in [0.2, 0.25) is 0 Å².